The molecule has 6 nitrogen and oxygen atoms in total. The van der Waals surface area contributed by atoms with Crippen molar-refractivity contribution in [1.82, 2.24) is 9.97 Å². The number of hydrogen-bond acceptors (Lipinski definition) is 5. The van der Waals surface area contributed by atoms with Gasteiger partial charge in [0, 0.05) is 19.2 Å². The average molecular weight is 312 g/mol. The molecule has 1 saturated heterocycles. The van der Waals surface area contributed by atoms with E-state index in [0.717, 1.165) is 30.0 Å². The van der Waals surface area contributed by atoms with Crippen LogP contribution in [-0.4, -0.2) is 42.2 Å². The molecule has 1 fully saturated rings. The molecular weight excluding hydrogens is 292 g/mol. The number of ether oxygens (including phenoxy) is 1. The Labute approximate surface area is 135 Å². The number of rotatable bonds is 4. The number of nitrogens with zero attached hydrogens (tertiary/aromatic N) is 3. The Hall–Kier alpha value is -2.47. The molecule has 2 aromatic rings. The lowest BCUT2D eigenvalue weighted by Gasteiger charge is -2.27. The SMILES string of the molecule is Cc1ccccc1CC(=O)Nc1cc(N2CCOCC2)ncn1. The summed E-state index contributed by atoms with van der Waals surface area (Å²) in [6.07, 6.45) is 1.82. The highest BCUT2D eigenvalue weighted by atomic mass is 16.5. The van der Waals surface area contributed by atoms with Crippen molar-refractivity contribution in [2.24, 2.45) is 0 Å². The predicted molar refractivity (Wildman–Crippen MR) is 88.6 cm³/mol. The highest BCUT2D eigenvalue weighted by Crippen LogP contribution is 2.16. The second-order valence-electron chi connectivity index (χ2n) is 5.51. The summed E-state index contributed by atoms with van der Waals surface area (Å²) < 4.78 is 5.34. The van der Waals surface area contributed by atoms with Gasteiger partial charge in [-0.2, -0.15) is 0 Å². The van der Waals surface area contributed by atoms with Crippen molar-refractivity contribution in [3.05, 3.63) is 47.8 Å². The molecule has 0 aliphatic carbocycles. The number of benzene rings is 1. The van der Waals surface area contributed by atoms with Crippen LogP contribution in [0.2, 0.25) is 0 Å². The van der Waals surface area contributed by atoms with Crippen LogP contribution in [0.1, 0.15) is 11.1 Å². The van der Waals surface area contributed by atoms with Crippen LogP contribution < -0.4 is 10.2 Å². The maximum absolute atomic E-state index is 12.2. The van der Waals surface area contributed by atoms with Gasteiger partial charge in [0.25, 0.3) is 0 Å². The van der Waals surface area contributed by atoms with Gasteiger partial charge in [0.1, 0.15) is 18.0 Å². The van der Waals surface area contributed by atoms with E-state index in [1.165, 1.54) is 6.33 Å². The Bertz CT molecular complexity index is 684. The highest BCUT2D eigenvalue weighted by molar-refractivity contribution is 5.91. The van der Waals surface area contributed by atoms with Crippen LogP contribution in [0.4, 0.5) is 11.6 Å². The van der Waals surface area contributed by atoms with Gasteiger partial charge in [0.2, 0.25) is 5.91 Å². The highest BCUT2D eigenvalue weighted by Gasteiger charge is 2.14. The van der Waals surface area contributed by atoms with Crippen LogP contribution in [0.25, 0.3) is 0 Å². The summed E-state index contributed by atoms with van der Waals surface area (Å²) >= 11 is 0. The minimum Gasteiger partial charge on any atom is -0.378 e. The average Bonchev–Trinajstić information content (AvgIpc) is 2.58. The van der Waals surface area contributed by atoms with E-state index >= 15 is 0 Å². The van der Waals surface area contributed by atoms with Gasteiger partial charge >= 0.3 is 0 Å². The Kier molecular flexibility index (Phi) is 4.83. The molecular formula is C17H20N4O2. The third-order valence-electron chi connectivity index (χ3n) is 3.87. The Morgan fingerprint density at radius 3 is 2.83 bits per heavy atom. The Morgan fingerprint density at radius 1 is 1.26 bits per heavy atom. The van der Waals surface area contributed by atoms with Crippen LogP contribution in [0, 0.1) is 6.92 Å². The van der Waals surface area contributed by atoms with Gasteiger partial charge in [-0.3, -0.25) is 4.79 Å². The van der Waals surface area contributed by atoms with Crippen LogP contribution in [0.15, 0.2) is 36.7 Å². The van der Waals surface area contributed by atoms with Crippen LogP contribution in [-0.2, 0) is 16.0 Å². The summed E-state index contributed by atoms with van der Waals surface area (Å²) in [4.78, 5) is 22.8. The normalized spacial score (nSPS) is 14.6. The molecule has 0 saturated carbocycles. The molecule has 0 spiro atoms. The third kappa shape index (κ3) is 4.04. The van der Waals surface area contributed by atoms with Gasteiger partial charge in [-0.1, -0.05) is 24.3 Å². The Balaban J connectivity index is 1.65. The summed E-state index contributed by atoms with van der Waals surface area (Å²) in [6, 6.07) is 9.69. The van der Waals surface area contributed by atoms with E-state index in [2.05, 4.69) is 20.2 Å². The van der Waals surface area contributed by atoms with Crippen molar-refractivity contribution in [3.8, 4) is 0 Å². The lowest BCUT2D eigenvalue weighted by molar-refractivity contribution is -0.115. The molecule has 0 atom stereocenters. The molecule has 0 unspecified atom stereocenters. The molecule has 6 heteroatoms. The first-order chi connectivity index (χ1) is 11.2. The van der Waals surface area contributed by atoms with Crippen molar-refractivity contribution in [1.29, 1.82) is 0 Å². The van der Waals surface area contributed by atoms with E-state index in [1.807, 2.05) is 31.2 Å². The van der Waals surface area contributed by atoms with Crippen LogP contribution in [0.3, 0.4) is 0 Å². The second-order valence-corrected chi connectivity index (χ2v) is 5.51. The van der Waals surface area contributed by atoms with Crippen molar-refractivity contribution in [2.75, 3.05) is 36.5 Å². The molecule has 3 rings (SSSR count). The number of carbonyl (C=O) groups excluding carboxylic acids is 1. The first-order valence-electron chi connectivity index (χ1n) is 7.71. The molecule has 1 aromatic carbocycles. The molecule has 1 aromatic heterocycles. The first kappa shape index (κ1) is 15.4. The van der Waals surface area contributed by atoms with Gasteiger partial charge in [-0.15, -0.1) is 0 Å². The maximum Gasteiger partial charge on any atom is 0.229 e. The van der Waals surface area contributed by atoms with E-state index in [9.17, 15) is 4.79 Å². The fourth-order valence-corrected chi connectivity index (χ4v) is 2.55. The van der Waals surface area contributed by atoms with Gasteiger partial charge < -0.3 is 15.0 Å². The molecule has 1 N–H and O–H groups in total. The fraction of sp³-hybridized carbons (Fsp3) is 0.353. The number of aryl methyl sites for hydroxylation is 1. The lowest BCUT2D eigenvalue weighted by atomic mass is 10.1. The number of hydrogen-bond donors (Lipinski definition) is 1. The van der Waals surface area contributed by atoms with Crippen molar-refractivity contribution < 1.29 is 9.53 Å². The van der Waals surface area contributed by atoms with E-state index in [1.54, 1.807) is 6.07 Å². The molecule has 0 radical (unpaired) electrons. The molecule has 1 aliphatic heterocycles. The van der Waals surface area contributed by atoms with Crippen molar-refractivity contribution in [2.45, 2.75) is 13.3 Å². The monoisotopic (exact) mass is 312 g/mol. The van der Waals surface area contributed by atoms with Crippen molar-refractivity contribution in [3.63, 3.8) is 0 Å². The maximum atomic E-state index is 12.2. The number of anilines is 2. The molecule has 120 valence electrons. The van der Waals surface area contributed by atoms with Gasteiger partial charge in [-0.25, -0.2) is 9.97 Å². The summed E-state index contributed by atoms with van der Waals surface area (Å²) in [5.41, 5.74) is 2.13. The standard InChI is InChI=1S/C17H20N4O2/c1-13-4-2-3-5-14(13)10-17(22)20-15-11-16(19-12-18-15)21-6-8-23-9-7-21/h2-5,11-12H,6-10H2,1H3,(H,18,19,20,22). The first-order valence-corrected chi connectivity index (χ1v) is 7.71. The molecule has 23 heavy (non-hydrogen) atoms. The summed E-state index contributed by atoms with van der Waals surface area (Å²) in [7, 11) is 0. The van der Waals surface area contributed by atoms with Gasteiger partial charge in [0.05, 0.1) is 19.6 Å². The van der Waals surface area contributed by atoms with Crippen LogP contribution >= 0.6 is 0 Å². The fourth-order valence-electron chi connectivity index (χ4n) is 2.55. The largest absolute Gasteiger partial charge is 0.378 e. The van der Waals surface area contributed by atoms with E-state index in [4.69, 9.17) is 4.74 Å². The molecule has 0 bridgehead atoms. The number of carbonyl (C=O) groups is 1. The number of amides is 1. The van der Waals surface area contributed by atoms with E-state index in [0.29, 0.717) is 25.5 Å². The summed E-state index contributed by atoms with van der Waals surface area (Å²) in [6.45, 7) is 4.99. The molecule has 1 amide bonds. The summed E-state index contributed by atoms with van der Waals surface area (Å²) in [5.74, 6) is 1.26. The zero-order chi connectivity index (χ0) is 16.1. The third-order valence-corrected chi connectivity index (χ3v) is 3.87. The number of nitrogens with one attached hydrogen (secondary N) is 1. The number of aromatic nitrogens is 2. The number of morpholine rings is 1. The zero-order valence-corrected chi connectivity index (χ0v) is 13.2. The second kappa shape index (κ2) is 7.19. The molecule has 2 heterocycles. The Morgan fingerprint density at radius 2 is 2.04 bits per heavy atom. The van der Waals surface area contributed by atoms with Crippen molar-refractivity contribution >= 4 is 17.5 Å². The minimum absolute atomic E-state index is 0.0778. The van der Waals surface area contributed by atoms with Crippen LogP contribution in [0.5, 0.6) is 0 Å². The van der Waals surface area contributed by atoms with E-state index in [-0.39, 0.29) is 5.91 Å². The quantitative estimate of drug-likeness (QED) is 0.932. The predicted octanol–water partition coefficient (Wildman–Crippen LogP) is 1.80. The molecule has 1 aliphatic rings. The van der Waals surface area contributed by atoms with Gasteiger partial charge in [-0.05, 0) is 18.1 Å². The smallest absolute Gasteiger partial charge is 0.229 e. The zero-order valence-electron chi connectivity index (χ0n) is 13.2. The van der Waals surface area contributed by atoms with Gasteiger partial charge in [0.15, 0.2) is 0 Å². The lowest BCUT2D eigenvalue weighted by Crippen LogP contribution is -2.36. The van der Waals surface area contributed by atoms with E-state index < -0.39 is 0 Å². The summed E-state index contributed by atoms with van der Waals surface area (Å²) in [5, 5.41) is 2.85. The minimum atomic E-state index is -0.0778. The topological polar surface area (TPSA) is 67.4 Å².